The van der Waals surface area contributed by atoms with E-state index in [2.05, 4.69) is 11.8 Å². The SMILES string of the molecule is CCN(C(=O)/C=C(\C)N1CCC1)C(C)Cc1ccc2c(c1)OCO2. The Hall–Kier alpha value is -2.17. The van der Waals surface area contributed by atoms with Gasteiger partial charge in [0.05, 0.1) is 0 Å². The molecule has 0 aliphatic carbocycles. The van der Waals surface area contributed by atoms with Crippen molar-refractivity contribution in [2.45, 2.75) is 39.7 Å². The summed E-state index contributed by atoms with van der Waals surface area (Å²) in [7, 11) is 0. The molecule has 1 saturated heterocycles. The van der Waals surface area contributed by atoms with Gasteiger partial charge in [-0.2, -0.15) is 0 Å². The van der Waals surface area contributed by atoms with Gasteiger partial charge in [0.15, 0.2) is 11.5 Å². The first-order valence-corrected chi connectivity index (χ1v) is 8.71. The number of ether oxygens (including phenoxy) is 2. The average molecular weight is 330 g/mol. The highest BCUT2D eigenvalue weighted by Crippen LogP contribution is 2.33. The number of allylic oxidation sites excluding steroid dienone is 1. The van der Waals surface area contributed by atoms with Gasteiger partial charge in [0.2, 0.25) is 12.7 Å². The van der Waals surface area contributed by atoms with Crippen molar-refractivity contribution < 1.29 is 14.3 Å². The number of likely N-dealkylation sites (tertiary alicyclic amines) is 1. The number of hydrogen-bond acceptors (Lipinski definition) is 4. The van der Waals surface area contributed by atoms with E-state index in [4.69, 9.17) is 9.47 Å². The van der Waals surface area contributed by atoms with Crippen LogP contribution in [0, 0.1) is 0 Å². The van der Waals surface area contributed by atoms with Crippen molar-refractivity contribution in [1.29, 1.82) is 0 Å². The molecule has 3 rings (SSSR count). The number of fused-ring (bicyclic) bond motifs is 1. The second kappa shape index (κ2) is 7.16. The predicted molar refractivity (Wildman–Crippen MR) is 93.1 cm³/mol. The van der Waals surface area contributed by atoms with E-state index in [1.54, 1.807) is 6.08 Å². The molecule has 1 unspecified atom stereocenters. The van der Waals surface area contributed by atoms with E-state index in [0.717, 1.165) is 42.3 Å². The first-order valence-electron chi connectivity index (χ1n) is 8.71. The number of hydrogen-bond donors (Lipinski definition) is 0. The lowest BCUT2D eigenvalue weighted by Crippen LogP contribution is -2.40. The Morgan fingerprint density at radius 3 is 2.75 bits per heavy atom. The molecule has 130 valence electrons. The summed E-state index contributed by atoms with van der Waals surface area (Å²) in [4.78, 5) is 16.8. The summed E-state index contributed by atoms with van der Waals surface area (Å²) in [5.41, 5.74) is 2.22. The van der Waals surface area contributed by atoms with Crippen molar-refractivity contribution >= 4 is 5.91 Å². The van der Waals surface area contributed by atoms with Crippen LogP contribution in [0.25, 0.3) is 0 Å². The normalized spacial score (nSPS) is 17.5. The summed E-state index contributed by atoms with van der Waals surface area (Å²) in [6.45, 7) is 9.26. The minimum Gasteiger partial charge on any atom is -0.454 e. The van der Waals surface area contributed by atoms with E-state index < -0.39 is 0 Å². The van der Waals surface area contributed by atoms with E-state index >= 15 is 0 Å². The van der Waals surface area contributed by atoms with Crippen molar-refractivity contribution in [3.63, 3.8) is 0 Å². The van der Waals surface area contributed by atoms with Gasteiger partial charge in [0.25, 0.3) is 0 Å². The van der Waals surface area contributed by atoms with Crippen molar-refractivity contribution in [2.75, 3.05) is 26.4 Å². The maximum absolute atomic E-state index is 12.6. The molecular formula is C19H26N2O3. The van der Waals surface area contributed by atoms with Gasteiger partial charge in [-0.25, -0.2) is 0 Å². The summed E-state index contributed by atoms with van der Waals surface area (Å²) >= 11 is 0. The summed E-state index contributed by atoms with van der Waals surface area (Å²) in [6.07, 6.45) is 3.79. The highest BCUT2D eigenvalue weighted by atomic mass is 16.7. The van der Waals surface area contributed by atoms with Crippen LogP contribution in [0.3, 0.4) is 0 Å². The molecule has 0 spiro atoms. The maximum Gasteiger partial charge on any atom is 0.248 e. The van der Waals surface area contributed by atoms with Crippen LogP contribution in [0.2, 0.25) is 0 Å². The molecular weight excluding hydrogens is 304 g/mol. The number of carbonyl (C=O) groups is 1. The Labute approximate surface area is 143 Å². The molecule has 2 heterocycles. The lowest BCUT2D eigenvalue weighted by atomic mass is 10.0. The standard InChI is InChI=1S/C19H26N2O3/c1-4-21(19(22)11-14(2)20-8-5-9-20)15(3)10-16-6-7-17-18(12-16)24-13-23-17/h6-7,11-12,15H,4-5,8-10,13H2,1-3H3/b14-11+. The first kappa shape index (κ1) is 16.7. The molecule has 2 aliphatic rings. The molecule has 1 fully saturated rings. The van der Waals surface area contributed by atoms with E-state index in [-0.39, 0.29) is 18.7 Å². The minimum absolute atomic E-state index is 0.0927. The maximum atomic E-state index is 12.6. The molecule has 0 saturated carbocycles. The van der Waals surface area contributed by atoms with Gasteiger partial charge in [0, 0.05) is 37.4 Å². The Balaban J connectivity index is 1.65. The summed E-state index contributed by atoms with van der Waals surface area (Å²) in [5, 5.41) is 0. The molecule has 1 amide bonds. The number of carbonyl (C=O) groups excluding carboxylic acids is 1. The number of amides is 1. The van der Waals surface area contributed by atoms with Crippen LogP contribution in [-0.2, 0) is 11.2 Å². The predicted octanol–water partition coefficient (Wildman–Crippen LogP) is 2.80. The highest BCUT2D eigenvalue weighted by Gasteiger charge is 2.21. The lowest BCUT2D eigenvalue weighted by molar-refractivity contribution is -0.127. The van der Waals surface area contributed by atoms with Crippen molar-refractivity contribution in [3.8, 4) is 11.5 Å². The van der Waals surface area contributed by atoms with Gasteiger partial charge in [-0.05, 0) is 51.3 Å². The quantitative estimate of drug-likeness (QED) is 0.752. The molecule has 5 nitrogen and oxygen atoms in total. The third-order valence-corrected chi connectivity index (χ3v) is 4.81. The second-order valence-electron chi connectivity index (χ2n) is 6.49. The molecule has 0 radical (unpaired) electrons. The zero-order valence-corrected chi connectivity index (χ0v) is 14.7. The summed E-state index contributed by atoms with van der Waals surface area (Å²) in [5.74, 6) is 1.68. The van der Waals surface area contributed by atoms with Crippen molar-refractivity contribution in [2.24, 2.45) is 0 Å². The zero-order valence-electron chi connectivity index (χ0n) is 14.7. The molecule has 0 aromatic heterocycles. The number of benzene rings is 1. The van der Waals surface area contributed by atoms with Gasteiger partial charge in [-0.15, -0.1) is 0 Å². The van der Waals surface area contributed by atoms with Crippen LogP contribution < -0.4 is 9.47 Å². The Morgan fingerprint density at radius 2 is 2.08 bits per heavy atom. The Bertz CT molecular complexity index is 637. The van der Waals surface area contributed by atoms with Crippen molar-refractivity contribution in [1.82, 2.24) is 9.80 Å². The largest absolute Gasteiger partial charge is 0.454 e. The van der Waals surface area contributed by atoms with E-state index in [1.807, 2.05) is 36.9 Å². The minimum atomic E-state index is 0.0927. The first-order chi connectivity index (χ1) is 11.6. The Morgan fingerprint density at radius 1 is 1.33 bits per heavy atom. The molecule has 5 heteroatoms. The fraction of sp³-hybridized carbons (Fsp3) is 0.526. The van der Waals surface area contributed by atoms with E-state index in [9.17, 15) is 4.79 Å². The van der Waals surface area contributed by atoms with Crippen LogP contribution in [0.1, 0.15) is 32.8 Å². The zero-order chi connectivity index (χ0) is 17.1. The third-order valence-electron chi connectivity index (χ3n) is 4.81. The van der Waals surface area contributed by atoms with Gasteiger partial charge in [-0.3, -0.25) is 4.79 Å². The van der Waals surface area contributed by atoms with Crippen LogP contribution in [0.15, 0.2) is 30.0 Å². The van der Waals surface area contributed by atoms with Crippen LogP contribution in [-0.4, -0.2) is 48.2 Å². The molecule has 1 aromatic carbocycles. The molecule has 24 heavy (non-hydrogen) atoms. The lowest BCUT2D eigenvalue weighted by Gasteiger charge is -2.34. The van der Waals surface area contributed by atoms with Crippen molar-refractivity contribution in [3.05, 3.63) is 35.5 Å². The van der Waals surface area contributed by atoms with Gasteiger partial charge in [-0.1, -0.05) is 6.07 Å². The fourth-order valence-electron chi connectivity index (χ4n) is 3.23. The second-order valence-corrected chi connectivity index (χ2v) is 6.49. The molecule has 1 atom stereocenters. The van der Waals surface area contributed by atoms with E-state index in [1.165, 1.54) is 6.42 Å². The van der Waals surface area contributed by atoms with E-state index in [0.29, 0.717) is 6.54 Å². The van der Waals surface area contributed by atoms with Crippen LogP contribution >= 0.6 is 0 Å². The van der Waals surface area contributed by atoms with Crippen LogP contribution in [0.4, 0.5) is 0 Å². The number of nitrogens with zero attached hydrogens (tertiary/aromatic N) is 2. The van der Waals surface area contributed by atoms with Gasteiger partial charge < -0.3 is 19.3 Å². The highest BCUT2D eigenvalue weighted by molar-refractivity contribution is 5.88. The topological polar surface area (TPSA) is 42.0 Å². The average Bonchev–Trinajstić information content (AvgIpc) is 2.93. The molecule has 0 bridgehead atoms. The monoisotopic (exact) mass is 330 g/mol. The summed E-state index contributed by atoms with van der Waals surface area (Å²) in [6, 6.07) is 6.13. The number of rotatable bonds is 6. The molecule has 0 N–H and O–H groups in total. The summed E-state index contributed by atoms with van der Waals surface area (Å²) < 4.78 is 10.8. The Kier molecular flexibility index (Phi) is 4.97. The van der Waals surface area contributed by atoms with Crippen LogP contribution in [0.5, 0.6) is 11.5 Å². The van der Waals surface area contributed by atoms with Gasteiger partial charge in [0.1, 0.15) is 0 Å². The molecule has 1 aromatic rings. The fourth-order valence-corrected chi connectivity index (χ4v) is 3.23. The third kappa shape index (κ3) is 3.50. The van der Waals surface area contributed by atoms with Gasteiger partial charge >= 0.3 is 0 Å². The molecule has 2 aliphatic heterocycles. The smallest absolute Gasteiger partial charge is 0.248 e. The number of likely N-dealkylation sites (N-methyl/N-ethyl adjacent to an activating group) is 1.